The fraction of sp³-hybridized carbons (Fsp3) is 0.238. The van der Waals surface area contributed by atoms with Gasteiger partial charge in [-0.1, -0.05) is 30.3 Å². The third-order valence-corrected chi connectivity index (χ3v) is 6.77. The lowest BCUT2D eigenvalue weighted by Gasteiger charge is -2.23. The molecule has 4 nitrogen and oxygen atoms in total. The van der Waals surface area contributed by atoms with E-state index < -0.39 is 0 Å². The molecule has 0 fully saturated rings. The Balaban J connectivity index is 1.35. The maximum Gasteiger partial charge on any atom is 0.232 e. The molecular weight excluding hydrogens is 376 g/mol. The molecular formula is C21H20N2O2S2. The molecule has 0 aliphatic carbocycles. The van der Waals surface area contributed by atoms with E-state index in [0.717, 1.165) is 33.0 Å². The van der Waals surface area contributed by atoms with Crippen LogP contribution in [-0.2, 0) is 10.5 Å². The van der Waals surface area contributed by atoms with Gasteiger partial charge in [0.1, 0.15) is 16.4 Å². The summed E-state index contributed by atoms with van der Waals surface area (Å²) >= 11 is 3.29. The van der Waals surface area contributed by atoms with Crippen LogP contribution in [0.25, 0.3) is 21.2 Å². The summed E-state index contributed by atoms with van der Waals surface area (Å²) in [5.41, 5.74) is 1.88. The van der Waals surface area contributed by atoms with Crippen molar-refractivity contribution in [1.82, 2.24) is 9.88 Å². The van der Waals surface area contributed by atoms with Crippen LogP contribution in [0.5, 0.6) is 0 Å². The van der Waals surface area contributed by atoms with Gasteiger partial charge in [-0.05, 0) is 31.2 Å². The van der Waals surface area contributed by atoms with E-state index in [1.807, 2.05) is 62.5 Å². The van der Waals surface area contributed by atoms with E-state index in [2.05, 4.69) is 11.1 Å². The fourth-order valence-electron chi connectivity index (χ4n) is 2.92. The highest BCUT2D eigenvalue weighted by Gasteiger charge is 2.20. The average molecular weight is 397 g/mol. The molecule has 27 heavy (non-hydrogen) atoms. The number of furan rings is 1. The molecule has 1 atom stereocenters. The van der Waals surface area contributed by atoms with Crippen LogP contribution in [0.1, 0.15) is 23.7 Å². The van der Waals surface area contributed by atoms with Crippen LogP contribution in [0.3, 0.4) is 0 Å². The number of aromatic nitrogens is 1. The topological polar surface area (TPSA) is 46.3 Å². The number of carbonyl (C=O) groups is 1. The van der Waals surface area contributed by atoms with Crippen LogP contribution in [-0.4, -0.2) is 28.6 Å². The summed E-state index contributed by atoms with van der Waals surface area (Å²) in [6, 6.07) is 17.9. The molecule has 4 aromatic rings. The van der Waals surface area contributed by atoms with Crippen molar-refractivity contribution in [2.75, 3.05) is 12.8 Å². The van der Waals surface area contributed by atoms with Gasteiger partial charge < -0.3 is 9.32 Å². The van der Waals surface area contributed by atoms with Gasteiger partial charge in [0.25, 0.3) is 0 Å². The minimum atomic E-state index is -0.104. The molecule has 0 aliphatic heterocycles. The fourth-order valence-corrected chi connectivity index (χ4v) is 4.89. The Morgan fingerprint density at radius 1 is 1.22 bits per heavy atom. The van der Waals surface area contributed by atoms with Gasteiger partial charge in [-0.3, -0.25) is 4.79 Å². The maximum absolute atomic E-state index is 12.6. The zero-order valence-electron chi connectivity index (χ0n) is 15.2. The van der Waals surface area contributed by atoms with Crippen molar-refractivity contribution in [2.24, 2.45) is 0 Å². The van der Waals surface area contributed by atoms with Crippen LogP contribution in [0.15, 0.2) is 59.0 Å². The third-order valence-electron chi connectivity index (χ3n) is 4.62. The van der Waals surface area contributed by atoms with Gasteiger partial charge in [-0.15, -0.1) is 23.1 Å². The number of hydrogen-bond acceptors (Lipinski definition) is 5. The number of para-hydroxylation sites is 2. The Kier molecular flexibility index (Phi) is 5.18. The van der Waals surface area contributed by atoms with Crippen molar-refractivity contribution in [3.8, 4) is 0 Å². The first kappa shape index (κ1) is 18.1. The molecule has 2 aromatic carbocycles. The van der Waals surface area contributed by atoms with Crippen LogP contribution in [0, 0.1) is 0 Å². The largest absolute Gasteiger partial charge is 0.459 e. The van der Waals surface area contributed by atoms with E-state index in [-0.39, 0.29) is 11.9 Å². The number of thioether (sulfide) groups is 1. The summed E-state index contributed by atoms with van der Waals surface area (Å²) in [5.74, 6) is 2.08. The molecule has 4 rings (SSSR count). The molecule has 0 radical (unpaired) electrons. The maximum atomic E-state index is 12.6. The standard InChI is InChI=1S/C21H20N2O2S2/c1-14(18-11-15-7-3-5-9-17(15)25-18)23(2)21(24)13-26-12-20-22-16-8-4-6-10-19(16)27-20/h3-11,14H,12-13H2,1-2H3. The Bertz CT molecular complexity index is 1020. The van der Waals surface area contributed by atoms with Gasteiger partial charge in [0.2, 0.25) is 5.91 Å². The zero-order chi connectivity index (χ0) is 18.8. The molecule has 0 N–H and O–H groups in total. The molecule has 0 saturated heterocycles. The molecule has 2 aromatic heterocycles. The number of fused-ring (bicyclic) bond motifs is 2. The first-order valence-corrected chi connectivity index (χ1v) is 10.8. The number of rotatable bonds is 6. The van der Waals surface area contributed by atoms with Gasteiger partial charge in [0.05, 0.1) is 22.0 Å². The summed E-state index contributed by atoms with van der Waals surface area (Å²) in [7, 11) is 1.83. The predicted octanol–water partition coefficient (Wildman–Crippen LogP) is 5.50. The normalized spacial score (nSPS) is 12.5. The molecule has 0 aliphatic rings. The van der Waals surface area contributed by atoms with Crippen molar-refractivity contribution in [1.29, 1.82) is 0 Å². The van der Waals surface area contributed by atoms with Gasteiger partial charge in [-0.2, -0.15) is 0 Å². The third kappa shape index (κ3) is 3.87. The minimum Gasteiger partial charge on any atom is -0.459 e. The Hall–Kier alpha value is -2.31. The monoisotopic (exact) mass is 396 g/mol. The van der Waals surface area contributed by atoms with E-state index in [1.165, 1.54) is 4.70 Å². The Labute approximate surface area is 166 Å². The number of amides is 1. The van der Waals surface area contributed by atoms with Crippen LogP contribution >= 0.6 is 23.1 Å². The highest BCUT2D eigenvalue weighted by Crippen LogP contribution is 2.28. The second kappa shape index (κ2) is 7.74. The number of carbonyl (C=O) groups excluding carboxylic acids is 1. The highest BCUT2D eigenvalue weighted by molar-refractivity contribution is 7.99. The number of benzene rings is 2. The van der Waals surface area contributed by atoms with Gasteiger partial charge in [-0.25, -0.2) is 4.98 Å². The van der Waals surface area contributed by atoms with Crippen molar-refractivity contribution in [3.63, 3.8) is 0 Å². The Morgan fingerprint density at radius 3 is 2.81 bits per heavy atom. The lowest BCUT2D eigenvalue weighted by atomic mass is 10.2. The first-order valence-electron chi connectivity index (χ1n) is 8.78. The minimum absolute atomic E-state index is 0.0917. The molecule has 1 unspecified atom stereocenters. The molecule has 2 heterocycles. The zero-order valence-corrected chi connectivity index (χ0v) is 16.8. The lowest BCUT2D eigenvalue weighted by Crippen LogP contribution is -2.30. The van der Waals surface area contributed by atoms with Gasteiger partial charge in [0, 0.05) is 18.2 Å². The SMILES string of the molecule is CC(c1cc2ccccc2o1)N(C)C(=O)CSCc1nc2ccccc2s1. The van der Waals surface area contributed by atoms with Crippen molar-refractivity contribution >= 4 is 50.2 Å². The average Bonchev–Trinajstić information content (AvgIpc) is 3.30. The second-order valence-corrected chi connectivity index (χ2v) is 8.54. The summed E-state index contributed by atoms with van der Waals surface area (Å²) < 4.78 is 7.09. The summed E-state index contributed by atoms with van der Waals surface area (Å²) in [6.07, 6.45) is 0. The van der Waals surface area contributed by atoms with Crippen LogP contribution in [0.4, 0.5) is 0 Å². The van der Waals surface area contributed by atoms with Crippen LogP contribution in [0.2, 0.25) is 0 Å². The van der Waals surface area contributed by atoms with E-state index in [9.17, 15) is 4.79 Å². The second-order valence-electron chi connectivity index (χ2n) is 6.44. The quantitative estimate of drug-likeness (QED) is 0.432. The summed E-state index contributed by atoms with van der Waals surface area (Å²) in [6.45, 7) is 1.99. The summed E-state index contributed by atoms with van der Waals surface area (Å²) in [5, 5.41) is 2.12. The molecule has 138 valence electrons. The van der Waals surface area contributed by atoms with Crippen molar-refractivity contribution in [2.45, 2.75) is 18.7 Å². The van der Waals surface area contributed by atoms with E-state index in [0.29, 0.717) is 5.75 Å². The van der Waals surface area contributed by atoms with Crippen LogP contribution < -0.4 is 0 Å². The number of thiazole rings is 1. The molecule has 0 saturated carbocycles. The number of hydrogen-bond donors (Lipinski definition) is 0. The molecule has 1 amide bonds. The molecule has 0 bridgehead atoms. The lowest BCUT2D eigenvalue weighted by molar-refractivity contribution is -0.129. The van der Waals surface area contributed by atoms with Crippen molar-refractivity contribution < 1.29 is 9.21 Å². The molecule has 6 heteroatoms. The predicted molar refractivity (Wildman–Crippen MR) is 113 cm³/mol. The van der Waals surface area contributed by atoms with Crippen molar-refractivity contribution in [3.05, 3.63) is 65.4 Å². The van der Waals surface area contributed by atoms with E-state index in [4.69, 9.17) is 4.42 Å². The smallest absolute Gasteiger partial charge is 0.232 e. The highest BCUT2D eigenvalue weighted by atomic mass is 32.2. The Morgan fingerprint density at radius 2 is 2.00 bits per heavy atom. The first-order chi connectivity index (χ1) is 13.1. The summed E-state index contributed by atoms with van der Waals surface area (Å²) in [4.78, 5) is 19.0. The van der Waals surface area contributed by atoms with E-state index >= 15 is 0 Å². The number of nitrogens with zero attached hydrogens (tertiary/aromatic N) is 2. The van der Waals surface area contributed by atoms with E-state index in [1.54, 1.807) is 28.0 Å². The van der Waals surface area contributed by atoms with Gasteiger partial charge >= 0.3 is 0 Å². The van der Waals surface area contributed by atoms with Gasteiger partial charge in [0.15, 0.2) is 0 Å². The molecule has 0 spiro atoms.